The Morgan fingerprint density at radius 3 is 2.64 bits per heavy atom. The van der Waals surface area contributed by atoms with Gasteiger partial charge in [0.1, 0.15) is 5.82 Å². The minimum Gasteiger partial charge on any atom is -0.328 e. The van der Waals surface area contributed by atoms with Gasteiger partial charge in [-0.3, -0.25) is 0 Å². The third kappa shape index (κ3) is 3.46. The lowest BCUT2D eigenvalue weighted by Gasteiger charge is -2.09. The van der Waals surface area contributed by atoms with Crippen molar-refractivity contribution in [3.8, 4) is 0 Å². The Bertz CT molecular complexity index is 273. The maximum atomic E-state index is 13.2. The van der Waals surface area contributed by atoms with E-state index in [9.17, 15) is 4.39 Å². The molecule has 2 N–H and O–H groups in total. The summed E-state index contributed by atoms with van der Waals surface area (Å²) in [6.07, 6.45) is 3.73. The van der Waals surface area contributed by atoms with Crippen LogP contribution in [-0.2, 0) is 6.42 Å². The Labute approximate surface area is 85.1 Å². The number of aryl methyl sites for hydroxylation is 1. The van der Waals surface area contributed by atoms with E-state index in [2.05, 4.69) is 6.92 Å². The van der Waals surface area contributed by atoms with E-state index >= 15 is 0 Å². The molecule has 0 bridgehead atoms. The number of benzene rings is 1. The predicted molar refractivity (Wildman–Crippen MR) is 57.6 cm³/mol. The number of nitrogens with two attached hydrogens (primary N) is 1. The van der Waals surface area contributed by atoms with Crippen molar-refractivity contribution in [1.82, 2.24) is 0 Å². The van der Waals surface area contributed by atoms with Crippen molar-refractivity contribution < 1.29 is 4.39 Å². The fraction of sp³-hybridized carbons (Fsp3) is 0.500. The molecule has 0 radical (unpaired) electrons. The molecule has 1 atom stereocenters. The van der Waals surface area contributed by atoms with Crippen LogP contribution in [0.3, 0.4) is 0 Å². The van der Waals surface area contributed by atoms with E-state index in [0.29, 0.717) is 0 Å². The fourth-order valence-corrected chi connectivity index (χ4v) is 1.56. The summed E-state index contributed by atoms with van der Waals surface area (Å²) in [7, 11) is 0. The van der Waals surface area contributed by atoms with Crippen LogP contribution in [0.4, 0.5) is 4.39 Å². The quantitative estimate of drug-likeness (QED) is 0.768. The zero-order chi connectivity index (χ0) is 10.4. The third-order valence-corrected chi connectivity index (χ3v) is 2.40. The van der Waals surface area contributed by atoms with E-state index in [4.69, 9.17) is 5.73 Å². The maximum absolute atomic E-state index is 13.2. The summed E-state index contributed by atoms with van der Waals surface area (Å²) in [5, 5.41) is 0. The Morgan fingerprint density at radius 1 is 1.29 bits per heavy atom. The molecule has 0 aliphatic carbocycles. The van der Waals surface area contributed by atoms with Crippen LogP contribution >= 0.6 is 0 Å². The summed E-state index contributed by atoms with van der Waals surface area (Å²) in [5.41, 5.74) is 6.64. The molecule has 1 nitrogen and oxygen atoms in total. The van der Waals surface area contributed by atoms with Crippen molar-refractivity contribution in [1.29, 1.82) is 0 Å². The van der Waals surface area contributed by atoms with Gasteiger partial charge in [-0.1, -0.05) is 31.5 Å². The molecule has 0 aromatic heterocycles. The molecule has 0 fully saturated rings. The summed E-state index contributed by atoms with van der Waals surface area (Å²) >= 11 is 0. The summed E-state index contributed by atoms with van der Waals surface area (Å²) in [5.74, 6) is -0.115. The number of hydrogen-bond donors (Lipinski definition) is 1. The van der Waals surface area contributed by atoms with Gasteiger partial charge in [0.05, 0.1) is 0 Å². The van der Waals surface area contributed by atoms with E-state index in [1.165, 1.54) is 6.07 Å². The zero-order valence-electron chi connectivity index (χ0n) is 8.67. The molecule has 0 saturated heterocycles. The number of rotatable bonds is 5. The molecule has 14 heavy (non-hydrogen) atoms. The Balaban J connectivity index is 2.41. The van der Waals surface area contributed by atoms with Crippen molar-refractivity contribution in [3.05, 3.63) is 35.6 Å². The second-order valence-corrected chi connectivity index (χ2v) is 3.68. The SMILES string of the molecule is CCCC(N)CCc1ccccc1F. The zero-order valence-corrected chi connectivity index (χ0v) is 8.67. The summed E-state index contributed by atoms with van der Waals surface area (Å²) in [6, 6.07) is 7.11. The molecule has 1 aromatic rings. The Morgan fingerprint density at radius 2 is 2.00 bits per heavy atom. The molecule has 2 heteroatoms. The van der Waals surface area contributed by atoms with E-state index in [1.807, 2.05) is 12.1 Å². The minimum absolute atomic E-state index is 0.115. The largest absolute Gasteiger partial charge is 0.328 e. The average Bonchev–Trinajstić information content (AvgIpc) is 2.17. The molecule has 0 heterocycles. The number of hydrogen-bond acceptors (Lipinski definition) is 1. The number of halogens is 1. The standard InChI is InChI=1S/C12H18FN/c1-2-5-11(14)9-8-10-6-3-4-7-12(10)13/h3-4,6-7,11H,2,5,8-9,14H2,1H3. The van der Waals surface area contributed by atoms with Gasteiger partial charge in [0, 0.05) is 6.04 Å². The molecular formula is C12H18FN. The lowest BCUT2D eigenvalue weighted by molar-refractivity contribution is 0.545. The highest BCUT2D eigenvalue weighted by molar-refractivity contribution is 5.17. The summed E-state index contributed by atoms with van der Waals surface area (Å²) < 4.78 is 13.2. The summed E-state index contributed by atoms with van der Waals surface area (Å²) in [6.45, 7) is 2.11. The minimum atomic E-state index is -0.115. The van der Waals surface area contributed by atoms with Crippen LogP contribution in [-0.4, -0.2) is 6.04 Å². The van der Waals surface area contributed by atoms with Crippen LogP contribution in [0.2, 0.25) is 0 Å². The first kappa shape index (κ1) is 11.2. The van der Waals surface area contributed by atoms with Gasteiger partial charge in [0.25, 0.3) is 0 Å². The lowest BCUT2D eigenvalue weighted by atomic mass is 10.0. The van der Waals surface area contributed by atoms with Gasteiger partial charge in [-0.05, 0) is 30.9 Å². The van der Waals surface area contributed by atoms with E-state index in [1.54, 1.807) is 6.07 Å². The van der Waals surface area contributed by atoms with Crippen molar-refractivity contribution in [2.24, 2.45) is 5.73 Å². The molecule has 0 amide bonds. The summed E-state index contributed by atoms with van der Waals surface area (Å²) in [4.78, 5) is 0. The van der Waals surface area contributed by atoms with Gasteiger partial charge in [-0.2, -0.15) is 0 Å². The lowest BCUT2D eigenvalue weighted by Crippen LogP contribution is -2.20. The molecule has 1 unspecified atom stereocenters. The Hall–Kier alpha value is -0.890. The van der Waals surface area contributed by atoms with Gasteiger partial charge in [-0.15, -0.1) is 0 Å². The van der Waals surface area contributed by atoms with Gasteiger partial charge in [0.15, 0.2) is 0 Å². The Kier molecular flexibility index (Phi) is 4.60. The maximum Gasteiger partial charge on any atom is 0.126 e. The molecule has 1 rings (SSSR count). The van der Waals surface area contributed by atoms with E-state index in [0.717, 1.165) is 31.2 Å². The highest BCUT2D eigenvalue weighted by atomic mass is 19.1. The predicted octanol–water partition coefficient (Wildman–Crippen LogP) is 2.89. The van der Waals surface area contributed by atoms with Gasteiger partial charge >= 0.3 is 0 Å². The second kappa shape index (κ2) is 5.76. The van der Waals surface area contributed by atoms with Gasteiger partial charge in [0.2, 0.25) is 0 Å². The van der Waals surface area contributed by atoms with Crippen LogP contribution in [0, 0.1) is 5.82 Å². The van der Waals surface area contributed by atoms with Crippen LogP contribution in [0.5, 0.6) is 0 Å². The first-order valence-corrected chi connectivity index (χ1v) is 5.23. The molecule has 0 aliphatic rings. The highest BCUT2D eigenvalue weighted by Crippen LogP contribution is 2.11. The highest BCUT2D eigenvalue weighted by Gasteiger charge is 2.04. The first-order valence-electron chi connectivity index (χ1n) is 5.23. The molecule has 78 valence electrons. The molecule has 0 saturated carbocycles. The van der Waals surface area contributed by atoms with Gasteiger partial charge in [-0.25, -0.2) is 4.39 Å². The van der Waals surface area contributed by atoms with Gasteiger partial charge < -0.3 is 5.73 Å². The van der Waals surface area contributed by atoms with Crippen LogP contribution in [0.1, 0.15) is 31.7 Å². The van der Waals surface area contributed by atoms with Crippen molar-refractivity contribution >= 4 is 0 Å². The van der Waals surface area contributed by atoms with Crippen molar-refractivity contribution in [3.63, 3.8) is 0 Å². The monoisotopic (exact) mass is 195 g/mol. The van der Waals surface area contributed by atoms with Crippen molar-refractivity contribution in [2.75, 3.05) is 0 Å². The molecule has 1 aromatic carbocycles. The van der Waals surface area contributed by atoms with E-state index in [-0.39, 0.29) is 11.9 Å². The van der Waals surface area contributed by atoms with E-state index < -0.39 is 0 Å². The smallest absolute Gasteiger partial charge is 0.126 e. The van der Waals surface area contributed by atoms with Crippen LogP contribution < -0.4 is 5.73 Å². The molecular weight excluding hydrogens is 177 g/mol. The third-order valence-electron chi connectivity index (χ3n) is 2.40. The van der Waals surface area contributed by atoms with Crippen LogP contribution in [0.25, 0.3) is 0 Å². The van der Waals surface area contributed by atoms with Crippen LogP contribution in [0.15, 0.2) is 24.3 Å². The topological polar surface area (TPSA) is 26.0 Å². The fourth-order valence-electron chi connectivity index (χ4n) is 1.56. The van der Waals surface area contributed by atoms with Crippen molar-refractivity contribution in [2.45, 2.75) is 38.6 Å². The average molecular weight is 195 g/mol. The molecule has 0 spiro atoms. The second-order valence-electron chi connectivity index (χ2n) is 3.68. The first-order chi connectivity index (χ1) is 6.74. The molecule has 0 aliphatic heterocycles. The normalized spacial score (nSPS) is 12.8.